The Balaban J connectivity index is 2.09. The second-order valence-electron chi connectivity index (χ2n) is 3.84. The van der Waals surface area contributed by atoms with Gasteiger partial charge in [0.1, 0.15) is 0 Å². The summed E-state index contributed by atoms with van der Waals surface area (Å²) in [5.41, 5.74) is 5.90. The van der Waals surface area contributed by atoms with Crippen molar-refractivity contribution in [2.75, 3.05) is 25.5 Å². The third kappa shape index (κ3) is 3.01. The van der Waals surface area contributed by atoms with E-state index in [0.717, 1.165) is 30.8 Å². The number of ether oxygens (including phenoxy) is 1. The summed E-state index contributed by atoms with van der Waals surface area (Å²) in [7, 11) is 0. The molecule has 1 saturated heterocycles. The van der Waals surface area contributed by atoms with Crippen LogP contribution in [0, 0.1) is 5.41 Å². The minimum atomic E-state index is 0.292. The van der Waals surface area contributed by atoms with Crippen molar-refractivity contribution in [1.82, 2.24) is 0 Å². The van der Waals surface area contributed by atoms with Gasteiger partial charge in [-0.05, 0) is 12.0 Å². The van der Waals surface area contributed by atoms with Crippen molar-refractivity contribution in [3.63, 3.8) is 0 Å². The lowest BCUT2D eigenvalue weighted by Gasteiger charge is -2.29. The maximum absolute atomic E-state index is 5.61. The quantitative estimate of drug-likeness (QED) is 0.695. The van der Waals surface area contributed by atoms with Gasteiger partial charge < -0.3 is 10.5 Å². The van der Waals surface area contributed by atoms with Crippen molar-refractivity contribution in [1.29, 1.82) is 0 Å². The van der Waals surface area contributed by atoms with Crippen molar-refractivity contribution in [3.8, 4) is 0 Å². The van der Waals surface area contributed by atoms with E-state index in [1.807, 2.05) is 11.8 Å². The zero-order valence-electron chi connectivity index (χ0n) is 7.30. The van der Waals surface area contributed by atoms with Crippen molar-refractivity contribution >= 4 is 11.8 Å². The largest absolute Gasteiger partial charge is 0.379 e. The lowest BCUT2D eigenvalue weighted by molar-refractivity contribution is 0.0453. The SMILES string of the molecule is CC(C)(CN)CSC1COC1. The molecular weight excluding hydrogens is 158 g/mol. The van der Waals surface area contributed by atoms with Crippen molar-refractivity contribution in [3.05, 3.63) is 0 Å². The molecule has 0 unspecified atom stereocenters. The van der Waals surface area contributed by atoms with Gasteiger partial charge in [0.15, 0.2) is 0 Å². The third-order valence-corrected chi connectivity index (χ3v) is 3.56. The minimum Gasteiger partial charge on any atom is -0.379 e. The fourth-order valence-corrected chi connectivity index (χ4v) is 1.90. The van der Waals surface area contributed by atoms with E-state index < -0.39 is 0 Å². The molecule has 3 heteroatoms. The zero-order valence-corrected chi connectivity index (χ0v) is 8.12. The smallest absolute Gasteiger partial charge is 0.0607 e. The van der Waals surface area contributed by atoms with Gasteiger partial charge in [0.05, 0.1) is 18.5 Å². The Hall–Kier alpha value is 0.270. The summed E-state index contributed by atoms with van der Waals surface area (Å²) >= 11 is 1.99. The molecule has 2 nitrogen and oxygen atoms in total. The van der Waals surface area contributed by atoms with Crippen LogP contribution in [0.1, 0.15) is 13.8 Å². The topological polar surface area (TPSA) is 35.2 Å². The monoisotopic (exact) mass is 175 g/mol. The molecular formula is C8H17NOS. The van der Waals surface area contributed by atoms with Gasteiger partial charge in [-0.3, -0.25) is 0 Å². The highest BCUT2D eigenvalue weighted by Gasteiger charge is 2.23. The molecule has 0 aromatic heterocycles. The van der Waals surface area contributed by atoms with Crippen LogP contribution in [0.5, 0.6) is 0 Å². The van der Waals surface area contributed by atoms with E-state index >= 15 is 0 Å². The molecule has 0 radical (unpaired) electrons. The average molecular weight is 175 g/mol. The van der Waals surface area contributed by atoms with Gasteiger partial charge in [-0.1, -0.05) is 13.8 Å². The molecule has 1 aliphatic rings. The average Bonchev–Trinajstić information content (AvgIpc) is 1.84. The zero-order chi connectivity index (χ0) is 8.32. The Morgan fingerprint density at radius 1 is 1.55 bits per heavy atom. The minimum absolute atomic E-state index is 0.292. The maximum Gasteiger partial charge on any atom is 0.0607 e. The predicted molar refractivity (Wildman–Crippen MR) is 49.9 cm³/mol. The summed E-state index contributed by atoms with van der Waals surface area (Å²) in [6, 6.07) is 0. The summed E-state index contributed by atoms with van der Waals surface area (Å²) in [6.45, 7) is 7.06. The standard InChI is InChI=1S/C8H17NOS/c1-8(2,5-9)6-11-7-3-10-4-7/h7H,3-6,9H2,1-2H3. The highest BCUT2D eigenvalue weighted by Crippen LogP contribution is 2.26. The first-order valence-electron chi connectivity index (χ1n) is 4.03. The van der Waals surface area contributed by atoms with Crippen LogP contribution in [0.2, 0.25) is 0 Å². The third-order valence-electron chi connectivity index (χ3n) is 1.87. The van der Waals surface area contributed by atoms with Crippen LogP contribution in [-0.4, -0.2) is 30.8 Å². The lowest BCUT2D eigenvalue weighted by Crippen LogP contribution is -2.34. The molecule has 0 aromatic carbocycles. The van der Waals surface area contributed by atoms with Gasteiger partial charge >= 0.3 is 0 Å². The molecule has 0 amide bonds. The van der Waals surface area contributed by atoms with Crippen molar-refractivity contribution in [2.45, 2.75) is 19.1 Å². The highest BCUT2D eigenvalue weighted by molar-refractivity contribution is 8.00. The Labute approximate surface area is 72.9 Å². The van der Waals surface area contributed by atoms with Crippen LogP contribution in [-0.2, 0) is 4.74 Å². The van der Waals surface area contributed by atoms with E-state index in [9.17, 15) is 0 Å². The van der Waals surface area contributed by atoms with E-state index in [-0.39, 0.29) is 0 Å². The molecule has 0 spiro atoms. The fourth-order valence-electron chi connectivity index (χ4n) is 0.713. The van der Waals surface area contributed by atoms with Crippen LogP contribution in [0.25, 0.3) is 0 Å². The molecule has 0 bridgehead atoms. The Bertz CT molecular complexity index is 123. The maximum atomic E-state index is 5.61. The van der Waals surface area contributed by atoms with Crippen molar-refractivity contribution < 1.29 is 4.74 Å². The molecule has 11 heavy (non-hydrogen) atoms. The number of thioether (sulfide) groups is 1. The molecule has 0 aliphatic carbocycles. The van der Waals surface area contributed by atoms with Gasteiger partial charge in [-0.15, -0.1) is 0 Å². The second-order valence-corrected chi connectivity index (χ2v) is 5.13. The molecule has 0 atom stereocenters. The van der Waals surface area contributed by atoms with Gasteiger partial charge in [0.25, 0.3) is 0 Å². The molecule has 2 N–H and O–H groups in total. The van der Waals surface area contributed by atoms with Gasteiger partial charge in [0.2, 0.25) is 0 Å². The van der Waals surface area contributed by atoms with Crippen molar-refractivity contribution in [2.24, 2.45) is 11.1 Å². The summed E-state index contributed by atoms with van der Waals surface area (Å²) in [6.07, 6.45) is 0. The summed E-state index contributed by atoms with van der Waals surface area (Å²) in [5, 5.41) is 0.737. The second kappa shape index (κ2) is 3.78. The summed E-state index contributed by atoms with van der Waals surface area (Å²) in [4.78, 5) is 0. The molecule has 0 aromatic rings. The van der Waals surface area contributed by atoms with Gasteiger partial charge in [-0.25, -0.2) is 0 Å². The van der Waals surface area contributed by atoms with Crippen LogP contribution < -0.4 is 5.73 Å². The van der Waals surface area contributed by atoms with Gasteiger partial charge in [-0.2, -0.15) is 11.8 Å². The van der Waals surface area contributed by atoms with Crippen LogP contribution in [0.4, 0.5) is 0 Å². The lowest BCUT2D eigenvalue weighted by atomic mass is 9.97. The predicted octanol–water partition coefficient (Wildman–Crippen LogP) is 1.10. The Morgan fingerprint density at radius 2 is 2.18 bits per heavy atom. The highest BCUT2D eigenvalue weighted by atomic mass is 32.2. The first-order chi connectivity index (χ1) is 5.14. The van der Waals surface area contributed by atoms with E-state index in [4.69, 9.17) is 10.5 Å². The summed E-state index contributed by atoms with van der Waals surface area (Å²) < 4.78 is 5.08. The van der Waals surface area contributed by atoms with Crippen LogP contribution in [0.3, 0.4) is 0 Å². The van der Waals surface area contributed by atoms with E-state index in [1.165, 1.54) is 0 Å². The van der Waals surface area contributed by atoms with Crippen LogP contribution >= 0.6 is 11.8 Å². The molecule has 0 saturated carbocycles. The summed E-state index contributed by atoms with van der Waals surface area (Å²) in [5.74, 6) is 1.15. The number of hydrogen-bond donors (Lipinski definition) is 1. The fraction of sp³-hybridized carbons (Fsp3) is 1.00. The van der Waals surface area contributed by atoms with E-state index in [1.54, 1.807) is 0 Å². The molecule has 1 fully saturated rings. The molecule has 66 valence electrons. The van der Waals surface area contributed by atoms with E-state index in [2.05, 4.69) is 13.8 Å². The van der Waals surface area contributed by atoms with Crippen LogP contribution in [0.15, 0.2) is 0 Å². The normalized spacial score (nSPS) is 19.9. The first-order valence-corrected chi connectivity index (χ1v) is 5.08. The molecule has 1 aliphatic heterocycles. The first kappa shape index (κ1) is 9.36. The Morgan fingerprint density at radius 3 is 2.55 bits per heavy atom. The molecule has 1 heterocycles. The Kier molecular flexibility index (Phi) is 3.22. The number of nitrogens with two attached hydrogens (primary N) is 1. The van der Waals surface area contributed by atoms with Gasteiger partial charge in [0, 0.05) is 5.75 Å². The molecule has 1 rings (SSSR count). The van der Waals surface area contributed by atoms with E-state index in [0.29, 0.717) is 5.41 Å². The number of hydrogen-bond acceptors (Lipinski definition) is 3. The number of rotatable bonds is 4.